The quantitative estimate of drug-likeness (QED) is 0.491. The Morgan fingerprint density at radius 2 is 1.58 bits per heavy atom. The van der Waals surface area contributed by atoms with Crippen LogP contribution < -0.4 is 0 Å². The van der Waals surface area contributed by atoms with Gasteiger partial charge in [-0.2, -0.15) is 0 Å². The van der Waals surface area contributed by atoms with E-state index in [1.165, 1.54) is 27.8 Å². The second-order valence-electron chi connectivity index (χ2n) is 9.59. The summed E-state index contributed by atoms with van der Waals surface area (Å²) in [6.07, 6.45) is 3.65. The molecule has 1 unspecified atom stereocenters. The van der Waals surface area contributed by atoms with Gasteiger partial charge in [0.05, 0.1) is 0 Å². The molecule has 0 saturated carbocycles. The summed E-state index contributed by atoms with van der Waals surface area (Å²) in [5, 5.41) is 0. The third-order valence-electron chi connectivity index (χ3n) is 7.46. The van der Waals surface area contributed by atoms with Crippen molar-refractivity contribution in [2.24, 2.45) is 10.8 Å². The van der Waals surface area contributed by atoms with Crippen LogP contribution in [-0.2, 0) is 6.42 Å². The number of benzene rings is 2. The maximum Gasteiger partial charge on any atom is 0.0155 e. The zero-order chi connectivity index (χ0) is 18.4. The summed E-state index contributed by atoms with van der Waals surface area (Å²) in [5.41, 5.74) is 14.1. The van der Waals surface area contributed by atoms with Gasteiger partial charge in [0.1, 0.15) is 0 Å². The highest BCUT2D eigenvalue weighted by Crippen LogP contribution is 2.67. The minimum Gasteiger partial charge on any atom is -0.0617 e. The maximum absolute atomic E-state index is 2.52. The number of allylic oxidation sites excluding steroid dienone is 3. The minimum atomic E-state index is 0.0834. The van der Waals surface area contributed by atoms with E-state index in [9.17, 15) is 0 Å². The van der Waals surface area contributed by atoms with Crippen molar-refractivity contribution in [3.63, 3.8) is 0 Å². The summed E-state index contributed by atoms with van der Waals surface area (Å²) in [4.78, 5) is 0. The average molecular weight is 341 g/mol. The van der Waals surface area contributed by atoms with Gasteiger partial charge in [-0.1, -0.05) is 81.3 Å². The third kappa shape index (κ3) is 1.76. The lowest BCUT2D eigenvalue weighted by molar-refractivity contribution is 0.328. The van der Waals surface area contributed by atoms with Gasteiger partial charge in [0, 0.05) is 11.3 Å². The van der Waals surface area contributed by atoms with Crippen molar-refractivity contribution in [1.82, 2.24) is 0 Å². The molecular weight excluding hydrogens is 312 g/mol. The van der Waals surface area contributed by atoms with Crippen LogP contribution in [0.4, 0.5) is 0 Å². The molecule has 0 amide bonds. The maximum atomic E-state index is 2.52. The van der Waals surface area contributed by atoms with E-state index in [1.54, 1.807) is 22.3 Å². The summed E-state index contributed by atoms with van der Waals surface area (Å²) < 4.78 is 0. The molecule has 0 heterocycles. The third-order valence-corrected chi connectivity index (χ3v) is 7.46. The predicted octanol–water partition coefficient (Wildman–Crippen LogP) is 6.86. The topological polar surface area (TPSA) is 0 Å². The van der Waals surface area contributed by atoms with E-state index in [2.05, 4.69) is 84.0 Å². The van der Waals surface area contributed by atoms with Crippen LogP contribution in [0.25, 0.3) is 11.6 Å². The van der Waals surface area contributed by atoms with Crippen molar-refractivity contribution < 1.29 is 0 Å². The molecule has 0 fully saturated rings. The Morgan fingerprint density at radius 3 is 2.35 bits per heavy atom. The Labute approximate surface area is 157 Å². The molecule has 2 aromatic carbocycles. The minimum absolute atomic E-state index is 0.0834. The molecule has 0 N–H and O–H groups in total. The molecule has 132 valence electrons. The van der Waals surface area contributed by atoms with Crippen molar-refractivity contribution in [2.75, 3.05) is 0 Å². The molecule has 5 rings (SSSR count). The first-order chi connectivity index (χ1) is 12.2. The molecule has 0 aliphatic heterocycles. The van der Waals surface area contributed by atoms with E-state index in [-0.39, 0.29) is 10.8 Å². The van der Waals surface area contributed by atoms with Crippen molar-refractivity contribution in [2.45, 2.75) is 53.9 Å². The molecule has 0 aromatic heterocycles. The fourth-order valence-corrected chi connectivity index (χ4v) is 6.06. The Balaban J connectivity index is 1.82. The van der Waals surface area contributed by atoms with Crippen molar-refractivity contribution in [3.05, 3.63) is 80.9 Å². The molecule has 1 atom stereocenters. The Morgan fingerprint density at radius 1 is 0.885 bits per heavy atom. The van der Waals surface area contributed by atoms with Gasteiger partial charge in [0.25, 0.3) is 0 Å². The molecule has 0 radical (unpaired) electrons. The van der Waals surface area contributed by atoms with Crippen LogP contribution in [0.15, 0.2) is 47.5 Å². The normalized spacial score (nSPS) is 23.9. The average Bonchev–Trinajstić information content (AvgIpc) is 3.16. The van der Waals surface area contributed by atoms with Gasteiger partial charge in [0.15, 0.2) is 0 Å². The number of hydrogen-bond donors (Lipinski definition) is 0. The second kappa shape index (κ2) is 4.80. The highest BCUT2D eigenvalue weighted by atomic mass is 14.6. The predicted molar refractivity (Wildman–Crippen MR) is 111 cm³/mol. The van der Waals surface area contributed by atoms with Crippen LogP contribution in [0.2, 0.25) is 0 Å². The fraction of sp³-hybridized carbons (Fsp3) is 0.385. The Hall–Kier alpha value is -2.08. The van der Waals surface area contributed by atoms with Gasteiger partial charge >= 0.3 is 0 Å². The van der Waals surface area contributed by atoms with Crippen LogP contribution >= 0.6 is 0 Å². The van der Waals surface area contributed by atoms with Crippen LogP contribution in [0.1, 0.15) is 67.0 Å². The molecule has 2 aromatic rings. The van der Waals surface area contributed by atoms with Gasteiger partial charge in [-0.15, -0.1) is 0 Å². The van der Waals surface area contributed by atoms with Crippen LogP contribution in [-0.4, -0.2) is 0 Å². The van der Waals surface area contributed by atoms with E-state index < -0.39 is 0 Å². The molecule has 0 nitrogen and oxygen atoms in total. The largest absolute Gasteiger partial charge is 0.0617 e. The first-order valence-electron chi connectivity index (χ1n) is 9.89. The zero-order valence-corrected chi connectivity index (χ0v) is 16.8. The van der Waals surface area contributed by atoms with E-state index in [0.717, 1.165) is 6.42 Å². The van der Waals surface area contributed by atoms with Gasteiger partial charge in [0.2, 0.25) is 0 Å². The summed E-state index contributed by atoms with van der Waals surface area (Å²) in [7, 11) is 0. The highest BCUT2D eigenvalue weighted by molar-refractivity contribution is 5.89. The lowest BCUT2D eigenvalue weighted by atomic mass is 9.55. The van der Waals surface area contributed by atoms with Gasteiger partial charge in [-0.05, 0) is 64.6 Å². The van der Waals surface area contributed by atoms with Gasteiger partial charge in [-0.25, -0.2) is 0 Å². The van der Waals surface area contributed by atoms with Gasteiger partial charge < -0.3 is 0 Å². The molecule has 0 saturated heterocycles. The number of aryl methyl sites for hydroxylation is 2. The molecular formula is C26H28. The molecule has 3 aliphatic rings. The zero-order valence-electron chi connectivity index (χ0n) is 16.8. The molecule has 3 aliphatic carbocycles. The Bertz CT molecular complexity index is 1020. The second-order valence-corrected chi connectivity index (χ2v) is 9.59. The SMILES string of the molecule is Cc1cccc2c1C=C1C2C(C)(C)C2=C(c3cccc(C)c3C2)C1(C)C. The molecule has 26 heavy (non-hydrogen) atoms. The fourth-order valence-electron chi connectivity index (χ4n) is 6.06. The van der Waals surface area contributed by atoms with Crippen molar-refractivity contribution >= 4 is 11.6 Å². The van der Waals surface area contributed by atoms with E-state index >= 15 is 0 Å². The molecule has 0 heteroatoms. The monoisotopic (exact) mass is 340 g/mol. The summed E-state index contributed by atoms with van der Waals surface area (Å²) in [6, 6.07) is 13.7. The lowest BCUT2D eigenvalue weighted by Crippen LogP contribution is -2.36. The number of hydrogen-bond acceptors (Lipinski definition) is 0. The Kier molecular flexibility index (Phi) is 2.97. The van der Waals surface area contributed by atoms with Crippen LogP contribution in [0, 0.1) is 24.7 Å². The summed E-state index contributed by atoms with van der Waals surface area (Å²) >= 11 is 0. The smallest absolute Gasteiger partial charge is 0.0155 e. The number of fused-ring (bicyclic) bond motifs is 5. The standard InChI is InChI=1S/C26H28/c1-15-9-7-11-17-19(15)13-21-23(17)26(5,6)22-14-20-16(2)10-8-12-18(20)24(22)25(21,3)4/h7-13,23H,14H2,1-6H3. The lowest BCUT2D eigenvalue weighted by Gasteiger charge is -2.48. The first kappa shape index (κ1) is 16.1. The number of rotatable bonds is 0. The van der Waals surface area contributed by atoms with Crippen LogP contribution in [0.5, 0.6) is 0 Å². The van der Waals surface area contributed by atoms with Crippen LogP contribution in [0.3, 0.4) is 0 Å². The molecule has 0 bridgehead atoms. The summed E-state index contributed by atoms with van der Waals surface area (Å²) in [5.74, 6) is 0.501. The van der Waals surface area contributed by atoms with E-state index in [1.807, 2.05) is 0 Å². The van der Waals surface area contributed by atoms with Gasteiger partial charge in [-0.3, -0.25) is 0 Å². The highest BCUT2D eigenvalue weighted by Gasteiger charge is 2.53. The molecule has 0 spiro atoms. The van der Waals surface area contributed by atoms with E-state index in [0.29, 0.717) is 5.92 Å². The van der Waals surface area contributed by atoms with Crippen molar-refractivity contribution in [3.8, 4) is 0 Å². The van der Waals surface area contributed by atoms with E-state index in [4.69, 9.17) is 0 Å². The summed E-state index contributed by atoms with van der Waals surface area (Å²) in [6.45, 7) is 14.4. The van der Waals surface area contributed by atoms with Crippen molar-refractivity contribution in [1.29, 1.82) is 0 Å². The first-order valence-corrected chi connectivity index (χ1v) is 9.89.